The molecule has 1 aliphatic carbocycles. The Kier molecular flexibility index (Phi) is 2.54. The zero-order valence-corrected chi connectivity index (χ0v) is 9.98. The zero-order chi connectivity index (χ0) is 10.2. The van der Waals surface area contributed by atoms with E-state index in [2.05, 4.69) is 37.1 Å². The molecule has 14 heavy (non-hydrogen) atoms. The second kappa shape index (κ2) is 3.55. The predicted octanol–water partition coefficient (Wildman–Crippen LogP) is 3.42. The zero-order valence-electron chi connectivity index (χ0n) is 8.27. The molecule has 0 fully saturated rings. The van der Waals surface area contributed by atoms with E-state index in [-0.39, 0.29) is 4.75 Å². The van der Waals surface area contributed by atoms with E-state index in [1.54, 1.807) is 11.3 Å². The van der Waals surface area contributed by atoms with E-state index in [9.17, 15) is 0 Å². The number of rotatable bonds is 1. The van der Waals surface area contributed by atoms with Crippen LogP contribution < -0.4 is 0 Å². The minimum atomic E-state index is -0.215. The van der Waals surface area contributed by atoms with Crippen molar-refractivity contribution in [2.45, 2.75) is 18.6 Å². The van der Waals surface area contributed by atoms with Gasteiger partial charge in [0.1, 0.15) is 5.01 Å². The van der Waals surface area contributed by atoms with Crippen LogP contribution in [0.4, 0.5) is 0 Å². The van der Waals surface area contributed by atoms with Crippen molar-refractivity contribution in [3.05, 3.63) is 40.4 Å². The minimum absolute atomic E-state index is 0.215. The number of hydrogen-bond acceptors (Lipinski definition) is 3. The Bertz CT molecular complexity index is 378. The number of thiazole rings is 1. The number of hydrogen-bond donors (Lipinski definition) is 1. The predicted molar refractivity (Wildman–Crippen MR) is 64.8 cm³/mol. The first-order valence-corrected chi connectivity index (χ1v) is 5.95. The molecule has 1 heterocycles. The molecule has 0 radical (unpaired) electrons. The van der Waals surface area contributed by atoms with Gasteiger partial charge in [0.15, 0.2) is 0 Å². The molecule has 2 atom stereocenters. The van der Waals surface area contributed by atoms with Gasteiger partial charge in [-0.05, 0) is 6.92 Å². The summed E-state index contributed by atoms with van der Waals surface area (Å²) in [5, 5.41) is 3.08. The lowest BCUT2D eigenvalue weighted by Crippen LogP contribution is -2.27. The van der Waals surface area contributed by atoms with Crippen LogP contribution in [0.2, 0.25) is 0 Å². The van der Waals surface area contributed by atoms with E-state index in [1.165, 1.54) is 5.57 Å². The average molecular weight is 223 g/mol. The highest BCUT2D eigenvalue weighted by Crippen LogP contribution is 2.44. The van der Waals surface area contributed by atoms with E-state index >= 15 is 0 Å². The third kappa shape index (κ3) is 1.44. The highest BCUT2D eigenvalue weighted by Gasteiger charge is 2.36. The summed E-state index contributed by atoms with van der Waals surface area (Å²) in [6.07, 6.45) is 8.19. The molecule has 1 aromatic rings. The molecule has 0 bridgehead atoms. The van der Waals surface area contributed by atoms with E-state index in [0.717, 1.165) is 5.01 Å². The summed E-state index contributed by atoms with van der Waals surface area (Å²) in [5.41, 5.74) is 1.36. The fourth-order valence-corrected chi connectivity index (χ4v) is 2.97. The molecular weight excluding hydrogens is 210 g/mol. The van der Waals surface area contributed by atoms with Gasteiger partial charge in [-0.3, -0.25) is 0 Å². The molecule has 0 saturated carbocycles. The van der Waals surface area contributed by atoms with Crippen LogP contribution in [0.25, 0.3) is 0 Å². The lowest BCUT2D eigenvalue weighted by atomic mass is 9.84. The fraction of sp³-hybridized carbons (Fsp3) is 0.364. The normalized spacial score (nSPS) is 31.6. The summed E-state index contributed by atoms with van der Waals surface area (Å²) in [7, 11) is 0. The lowest BCUT2D eigenvalue weighted by Gasteiger charge is -2.32. The smallest absolute Gasteiger partial charge is 0.113 e. The topological polar surface area (TPSA) is 12.9 Å². The molecule has 1 aromatic heterocycles. The summed E-state index contributed by atoms with van der Waals surface area (Å²) in [5.74, 6) is 0.405. The Hall–Kier alpha value is -0.540. The first kappa shape index (κ1) is 9.99. The maximum atomic E-state index is 4.78. The SMILES string of the molecule is CC1=CC=CC(S)(c2nccs2)C1C. The van der Waals surface area contributed by atoms with Crippen molar-refractivity contribution in [1.82, 2.24) is 4.98 Å². The Balaban J connectivity index is 2.43. The van der Waals surface area contributed by atoms with Crippen molar-refractivity contribution in [3.8, 4) is 0 Å². The molecule has 1 aliphatic rings. The van der Waals surface area contributed by atoms with Crippen LogP contribution in [0.5, 0.6) is 0 Å². The monoisotopic (exact) mass is 223 g/mol. The van der Waals surface area contributed by atoms with Crippen LogP contribution in [0, 0.1) is 5.92 Å². The van der Waals surface area contributed by atoms with Crippen LogP contribution in [-0.2, 0) is 4.75 Å². The van der Waals surface area contributed by atoms with Crippen molar-refractivity contribution < 1.29 is 0 Å². The standard InChI is InChI=1S/C11H13NS2/c1-8-4-3-5-11(13,9(8)2)10-12-6-7-14-10/h3-7,9,13H,1-2H3. The van der Waals surface area contributed by atoms with Gasteiger partial charge in [-0.25, -0.2) is 4.98 Å². The maximum absolute atomic E-state index is 4.78. The van der Waals surface area contributed by atoms with Gasteiger partial charge in [0, 0.05) is 17.5 Å². The molecule has 0 N–H and O–H groups in total. The molecule has 0 spiro atoms. The Morgan fingerprint density at radius 2 is 2.36 bits per heavy atom. The summed E-state index contributed by atoms with van der Waals surface area (Å²) in [6, 6.07) is 0. The van der Waals surface area contributed by atoms with Gasteiger partial charge in [-0.1, -0.05) is 30.7 Å². The number of thiol groups is 1. The van der Waals surface area contributed by atoms with Crippen LogP contribution in [0.3, 0.4) is 0 Å². The second-order valence-corrected chi connectivity index (χ2v) is 5.29. The third-order valence-electron chi connectivity index (χ3n) is 2.83. The Morgan fingerprint density at radius 1 is 1.57 bits per heavy atom. The van der Waals surface area contributed by atoms with Crippen LogP contribution >= 0.6 is 24.0 Å². The highest BCUT2D eigenvalue weighted by atomic mass is 32.1. The van der Waals surface area contributed by atoms with Crippen LogP contribution in [0.15, 0.2) is 35.4 Å². The summed E-state index contributed by atoms with van der Waals surface area (Å²) in [6.45, 7) is 4.34. The molecule has 74 valence electrons. The molecule has 0 aromatic carbocycles. The summed E-state index contributed by atoms with van der Waals surface area (Å²) < 4.78 is -0.215. The summed E-state index contributed by atoms with van der Waals surface area (Å²) >= 11 is 6.45. The van der Waals surface area contributed by atoms with E-state index < -0.39 is 0 Å². The Morgan fingerprint density at radius 3 is 3.00 bits per heavy atom. The largest absolute Gasteiger partial charge is 0.248 e. The first-order chi connectivity index (χ1) is 6.64. The Labute approximate surface area is 94.0 Å². The third-order valence-corrected chi connectivity index (χ3v) is 4.65. The van der Waals surface area contributed by atoms with Crippen LogP contribution in [-0.4, -0.2) is 4.98 Å². The van der Waals surface area contributed by atoms with Gasteiger partial charge in [0.05, 0.1) is 4.75 Å². The van der Waals surface area contributed by atoms with Gasteiger partial charge in [-0.15, -0.1) is 11.3 Å². The molecule has 0 aliphatic heterocycles. The first-order valence-electron chi connectivity index (χ1n) is 4.63. The number of nitrogens with zero attached hydrogens (tertiary/aromatic N) is 1. The highest BCUT2D eigenvalue weighted by molar-refractivity contribution is 7.81. The van der Waals surface area contributed by atoms with Gasteiger partial charge in [0.2, 0.25) is 0 Å². The molecule has 1 nitrogen and oxygen atoms in total. The maximum Gasteiger partial charge on any atom is 0.113 e. The number of allylic oxidation sites excluding steroid dienone is 3. The fourth-order valence-electron chi connectivity index (χ4n) is 1.66. The molecule has 2 rings (SSSR count). The second-order valence-electron chi connectivity index (χ2n) is 3.65. The van der Waals surface area contributed by atoms with E-state index in [1.807, 2.05) is 11.6 Å². The van der Waals surface area contributed by atoms with Crippen molar-refractivity contribution in [2.24, 2.45) is 5.92 Å². The molecule has 0 saturated heterocycles. The minimum Gasteiger partial charge on any atom is -0.248 e. The van der Waals surface area contributed by atoms with Crippen molar-refractivity contribution in [2.75, 3.05) is 0 Å². The van der Waals surface area contributed by atoms with Gasteiger partial charge < -0.3 is 0 Å². The lowest BCUT2D eigenvalue weighted by molar-refractivity contribution is 0.552. The molecule has 3 heteroatoms. The van der Waals surface area contributed by atoms with Crippen LogP contribution in [0.1, 0.15) is 18.9 Å². The summed E-state index contributed by atoms with van der Waals surface area (Å²) in [4.78, 5) is 4.36. The van der Waals surface area contributed by atoms with Gasteiger partial charge in [-0.2, -0.15) is 12.6 Å². The van der Waals surface area contributed by atoms with E-state index in [0.29, 0.717) is 5.92 Å². The quantitative estimate of drug-likeness (QED) is 0.720. The van der Waals surface area contributed by atoms with Gasteiger partial charge in [0.25, 0.3) is 0 Å². The van der Waals surface area contributed by atoms with Gasteiger partial charge >= 0.3 is 0 Å². The molecular formula is C11H13NS2. The average Bonchev–Trinajstić information content (AvgIpc) is 2.67. The van der Waals surface area contributed by atoms with Crippen molar-refractivity contribution in [1.29, 1.82) is 0 Å². The molecule has 0 amide bonds. The van der Waals surface area contributed by atoms with Crippen molar-refractivity contribution in [3.63, 3.8) is 0 Å². The molecule has 2 unspecified atom stereocenters. The van der Waals surface area contributed by atoms with Crippen molar-refractivity contribution >= 4 is 24.0 Å². The number of aromatic nitrogens is 1. The van der Waals surface area contributed by atoms with E-state index in [4.69, 9.17) is 12.6 Å².